The SMILES string of the molecule is COc1ccc(C(NC(=O)C(Cc2cccc(Cl)c2)NC(=O)Cc2ccc(CN)cc2)C(=O)NC(C(=O)C(F)(F)F)C(C)C)cc1. The van der Waals surface area contributed by atoms with Gasteiger partial charge in [0.2, 0.25) is 17.7 Å². The predicted molar refractivity (Wildman–Crippen MR) is 167 cm³/mol. The summed E-state index contributed by atoms with van der Waals surface area (Å²) in [5.41, 5.74) is 7.98. The van der Waals surface area contributed by atoms with Gasteiger partial charge in [0.15, 0.2) is 0 Å². The van der Waals surface area contributed by atoms with E-state index in [0.29, 0.717) is 28.4 Å². The van der Waals surface area contributed by atoms with Crippen molar-refractivity contribution in [3.8, 4) is 5.75 Å². The van der Waals surface area contributed by atoms with E-state index in [1.54, 1.807) is 48.5 Å². The molecule has 0 radical (unpaired) electrons. The first-order valence-electron chi connectivity index (χ1n) is 14.4. The van der Waals surface area contributed by atoms with Crippen LogP contribution in [0.15, 0.2) is 72.8 Å². The van der Waals surface area contributed by atoms with Gasteiger partial charge < -0.3 is 26.4 Å². The molecule has 0 bridgehead atoms. The molecule has 46 heavy (non-hydrogen) atoms. The first kappa shape index (κ1) is 36.1. The van der Waals surface area contributed by atoms with Crippen molar-refractivity contribution in [1.29, 1.82) is 0 Å². The van der Waals surface area contributed by atoms with Crippen LogP contribution in [-0.2, 0) is 38.6 Å². The van der Waals surface area contributed by atoms with Crippen molar-refractivity contribution < 1.29 is 37.1 Å². The summed E-state index contributed by atoms with van der Waals surface area (Å²) in [5, 5.41) is 7.83. The van der Waals surface area contributed by atoms with Crippen molar-refractivity contribution in [3.63, 3.8) is 0 Å². The lowest BCUT2D eigenvalue weighted by Gasteiger charge is -2.27. The van der Waals surface area contributed by atoms with Crippen LogP contribution in [-0.4, -0.2) is 48.9 Å². The summed E-state index contributed by atoms with van der Waals surface area (Å²) < 4.78 is 45.2. The maximum absolute atomic E-state index is 13.8. The van der Waals surface area contributed by atoms with Crippen LogP contribution in [0, 0.1) is 5.92 Å². The van der Waals surface area contributed by atoms with E-state index >= 15 is 0 Å². The number of Topliss-reactive ketones (excluding diaryl/α,β-unsaturated/α-hetero) is 1. The number of ketones is 1. The Bertz CT molecular complexity index is 1510. The molecule has 3 aromatic carbocycles. The second-order valence-electron chi connectivity index (χ2n) is 11.0. The van der Waals surface area contributed by atoms with Crippen molar-refractivity contribution in [2.75, 3.05) is 7.11 Å². The first-order chi connectivity index (χ1) is 21.7. The topological polar surface area (TPSA) is 140 Å². The van der Waals surface area contributed by atoms with Gasteiger partial charge >= 0.3 is 6.18 Å². The minimum atomic E-state index is -5.20. The zero-order valence-electron chi connectivity index (χ0n) is 25.5. The number of ether oxygens (including phenoxy) is 1. The largest absolute Gasteiger partial charge is 0.497 e. The van der Waals surface area contributed by atoms with Gasteiger partial charge in [-0.25, -0.2) is 0 Å². The third-order valence-corrected chi connectivity index (χ3v) is 7.36. The molecule has 0 aliphatic rings. The molecule has 3 atom stereocenters. The number of alkyl halides is 3. The molecule has 0 saturated heterocycles. The Labute approximate surface area is 270 Å². The molecule has 0 aliphatic carbocycles. The number of carbonyl (C=O) groups excluding carboxylic acids is 4. The summed E-state index contributed by atoms with van der Waals surface area (Å²) in [4.78, 5) is 52.6. The van der Waals surface area contributed by atoms with Crippen LogP contribution in [0.4, 0.5) is 13.2 Å². The van der Waals surface area contributed by atoms with Gasteiger partial charge in [-0.1, -0.05) is 74.0 Å². The van der Waals surface area contributed by atoms with Gasteiger partial charge in [-0.3, -0.25) is 19.2 Å². The van der Waals surface area contributed by atoms with Gasteiger partial charge in [0.1, 0.15) is 17.8 Å². The van der Waals surface area contributed by atoms with Gasteiger partial charge in [-0.15, -0.1) is 0 Å². The summed E-state index contributed by atoms with van der Waals surface area (Å²) in [5.74, 6) is -4.97. The molecule has 5 N–H and O–H groups in total. The lowest BCUT2D eigenvalue weighted by atomic mass is 9.97. The molecule has 0 aromatic heterocycles. The molecule has 3 aromatic rings. The van der Waals surface area contributed by atoms with Crippen molar-refractivity contribution in [2.24, 2.45) is 11.7 Å². The Kier molecular flexibility index (Phi) is 12.7. The van der Waals surface area contributed by atoms with Gasteiger partial charge in [0.25, 0.3) is 5.78 Å². The smallest absolute Gasteiger partial charge is 0.452 e. The number of halogens is 4. The average Bonchev–Trinajstić information content (AvgIpc) is 3.01. The van der Waals surface area contributed by atoms with Gasteiger partial charge in [-0.2, -0.15) is 13.2 Å². The molecule has 0 spiro atoms. The molecule has 0 saturated carbocycles. The molecule has 13 heteroatoms. The van der Waals surface area contributed by atoms with Crippen LogP contribution in [0.5, 0.6) is 5.75 Å². The lowest BCUT2D eigenvalue weighted by molar-refractivity contribution is -0.175. The van der Waals surface area contributed by atoms with E-state index in [2.05, 4.69) is 16.0 Å². The number of amides is 3. The summed E-state index contributed by atoms with van der Waals surface area (Å²) in [7, 11) is 1.42. The standard InChI is InChI=1S/C33H36ClF3N4O5/c1-19(2)28(30(43)33(35,36)37)40-32(45)29(23-11-13-25(46-3)14-12-23)41-31(44)26(16-22-5-4-6-24(34)15-22)39-27(42)17-20-7-9-21(18-38)10-8-20/h4-15,19,26,28-29H,16-18,38H2,1-3H3,(H,39,42)(H,40,45)(H,41,44). The Balaban J connectivity index is 1.92. The molecule has 3 rings (SSSR count). The van der Waals surface area contributed by atoms with Crippen molar-refractivity contribution >= 4 is 35.1 Å². The third-order valence-electron chi connectivity index (χ3n) is 7.13. The summed E-state index contributed by atoms with van der Waals surface area (Å²) in [6.45, 7) is 3.05. The van der Waals surface area contributed by atoms with E-state index in [1.807, 2.05) is 0 Å². The van der Waals surface area contributed by atoms with Crippen LogP contribution >= 0.6 is 11.6 Å². The number of nitrogens with one attached hydrogen (secondary N) is 3. The van der Waals surface area contributed by atoms with Crippen LogP contribution in [0.2, 0.25) is 5.02 Å². The molecule has 0 heterocycles. The minimum Gasteiger partial charge on any atom is -0.497 e. The van der Waals surface area contributed by atoms with Gasteiger partial charge in [0.05, 0.1) is 19.6 Å². The summed E-state index contributed by atoms with van der Waals surface area (Å²) in [6, 6.07) is 14.9. The van der Waals surface area contributed by atoms with E-state index in [-0.39, 0.29) is 18.4 Å². The number of benzene rings is 3. The zero-order valence-corrected chi connectivity index (χ0v) is 26.2. The fraction of sp³-hybridized carbons (Fsp3) is 0.333. The van der Waals surface area contributed by atoms with Crippen LogP contribution in [0.25, 0.3) is 0 Å². The summed E-state index contributed by atoms with van der Waals surface area (Å²) >= 11 is 6.14. The molecular weight excluding hydrogens is 625 g/mol. The molecule has 0 aliphatic heterocycles. The van der Waals surface area contributed by atoms with E-state index < -0.39 is 53.7 Å². The van der Waals surface area contributed by atoms with Gasteiger partial charge in [-0.05, 0) is 52.4 Å². The first-order valence-corrected chi connectivity index (χ1v) is 14.8. The maximum Gasteiger partial charge on any atom is 0.452 e. The minimum absolute atomic E-state index is 0.0254. The van der Waals surface area contributed by atoms with Crippen LogP contribution in [0.1, 0.15) is 42.1 Å². The van der Waals surface area contributed by atoms with E-state index in [1.165, 1.54) is 45.2 Å². The Hall–Kier alpha value is -4.42. The van der Waals surface area contributed by atoms with Crippen molar-refractivity contribution in [3.05, 3.63) is 100 Å². The highest BCUT2D eigenvalue weighted by Crippen LogP contribution is 2.23. The highest BCUT2D eigenvalue weighted by Gasteiger charge is 2.45. The van der Waals surface area contributed by atoms with Crippen molar-refractivity contribution in [2.45, 2.75) is 57.5 Å². The number of carbonyl (C=O) groups is 4. The second kappa shape index (κ2) is 16.2. The van der Waals surface area contributed by atoms with Crippen LogP contribution < -0.4 is 26.4 Å². The highest BCUT2D eigenvalue weighted by atomic mass is 35.5. The van der Waals surface area contributed by atoms with Crippen molar-refractivity contribution in [1.82, 2.24) is 16.0 Å². The third kappa shape index (κ3) is 10.3. The lowest BCUT2D eigenvalue weighted by Crippen LogP contribution is -2.55. The molecule has 3 amide bonds. The maximum atomic E-state index is 13.8. The van der Waals surface area contributed by atoms with E-state index in [4.69, 9.17) is 22.1 Å². The predicted octanol–water partition coefficient (Wildman–Crippen LogP) is 4.21. The van der Waals surface area contributed by atoms with E-state index in [0.717, 1.165) is 5.56 Å². The molecule has 246 valence electrons. The quantitative estimate of drug-likeness (QED) is 0.204. The van der Waals surface area contributed by atoms with Crippen LogP contribution in [0.3, 0.4) is 0 Å². The number of nitrogens with two attached hydrogens (primary N) is 1. The normalized spacial score (nSPS) is 13.3. The molecule has 0 fully saturated rings. The fourth-order valence-electron chi connectivity index (χ4n) is 4.62. The number of rotatable bonds is 14. The monoisotopic (exact) mass is 660 g/mol. The highest BCUT2D eigenvalue weighted by molar-refractivity contribution is 6.30. The Morgan fingerprint density at radius 2 is 1.48 bits per heavy atom. The van der Waals surface area contributed by atoms with E-state index in [9.17, 15) is 32.3 Å². The summed E-state index contributed by atoms with van der Waals surface area (Å²) in [6.07, 6.45) is -5.29. The number of methoxy groups -OCH3 is 1. The van der Waals surface area contributed by atoms with Gasteiger partial charge in [0, 0.05) is 18.0 Å². The number of hydrogen-bond acceptors (Lipinski definition) is 6. The Morgan fingerprint density at radius 1 is 0.848 bits per heavy atom. The fourth-order valence-corrected chi connectivity index (χ4v) is 4.83. The molecule has 9 nitrogen and oxygen atoms in total. The zero-order chi connectivity index (χ0) is 34.0. The molecular formula is C33H36ClF3N4O5. The number of hydrogen-bond donors (Lipinski definition) is 4. The second-order valence-corrected chi connectivity index (χ2v) is 11.4. The molecule has 3 unspecified atom stereocenters. The Morgan fingerprint density at radius 3 is 2.02 bits per heavy atom. The average molecular weight is 661 g/mol.